The molecule has 0 aromatic heterocycles. The van der Waals surface area contributed by atoms with Crippen molar-refractivity contribution in [2.24, 2.45) is 0 Å². The second kappa shape index (κ2) is 18.4. The molecule has 0 atom stereocenters. The van der Waals surface area contributed by atoms with Crippen molar-refractivity contribution >= 4 is 70.1 Å². The standard InChI is InChI=1S/GeH4.Mg.H3Si.Sn.3H/h1H4;;1H3;;;;. The molecule has 4 heavy (non-hydrogen) atoms. The van der Waals surface area contributed by atoms with Gasteiger partial charge in [-0.2, -0.15) is 0 Å². The second-order valence-electron chi connectivity index (χ2n) is 0. The maximum atomic E-state index is 1.49. The van der Waals surface area contributed by atoms with Crippen LogP contribution in [-0.4, -0.2) is 70.1 Å². The van der Waals surface area contributed by atoms with Crippen molar-refractivity contribution < 1.29 is 0 Å². The zero-order valence-electron chi connectivity index (χ0n) is 1.58. The fraction of sp³-hybridized carbons (Fsp3) is 0. The summed E-state index contributed by atoms with van der Waals surface area (Å²) < 4.78 is 0. The van der Waals surface area contributed by atoms with Crippen LogP contribution in [0.5, 0.6) is 0 Å². The van der Waals surface area contributed by atoms with E-state index in [-0.39, 0.29) is 40.6 Å². The molecule has 2 radical (unpaired) electrons. The Balaban J connectivity index is -0.00000000500. The summed E-state index contributed by atoms with van der Waals surface area (Å²) in [7, 11) is 1.44. The average Bonchev–Trinajstić information content (AvgIpc) is 1.00. The van der Waals surface area contributed by atoms with Gasteiger partial charge in [0.25, 0.3) is 0 Å². The summed E-state index contributed by atoms with van der Waals surface area (Å²) in [5.41, 5.74) is 0. The van der Waals surface area contributed by atoms with Crippen molar-refractivity contribution in [2.45, 2.75) is 0 Å². The van der Waals surface area contributed by atoms with Crippen LogP contribution in [0.2, 0.25) is 0 Å². The van der Waals surface area contributed by atoms with Crippen LogP contribution in [0.15, 0.2) is 0 Å². The van der Waals surface area contributed by atoms with Crippen molar-refractivity contribution in [1.82, 2.24) is 0 Å². The Morgan fingerprint density at radius 1 is 1.25 bits per heavy atom. The predicted octanol–water partition coefficient (Wildman–Crippen LogP) is -4.20. The summed E-state index contributed by atoms with van der Waals surface area (Å²) in [4.78, 5) is 0. The topological polar surface area (TPSA) is 0 Å². The molecule has 0 N–H and O–H groups in total. The van der Waals surface area contributed by atoms with Crippen molar-refractivity contribution in [3.8, 4) is 0 Å². The SMILES string of the molecule is [GeH4].[MgH2].[SiH3][SnH]. The summed E-state index contributed by atoms with van der Waals surface area (Å²) in [6.07, 6.45) is 0. The van der Waals surface area contributed by atoms with Crippen molar-refractivity contribution in [2.75, 3.05) is 0 Å². The van der Waals surface area contributed by atoms with E-state index in [9.17, 15) is 0 Å². The number of hydrogen-bond acceptors (Lipinski definition) is 0. The molecule has 0 aliphatic rings. The molecule has 0 bridgehead atoms. The molecule has 4 heteroatoms. The molecular weight excluding hydrogens is 244 g/mol. The molecule has 24 valence electrons. The molecule has 0 amide bonds. The van der Waals surface area contributed by atoms with Crippen LogP contribution in [0, 0.1) is 0 Å². The molecule has 0 aliphatic heterocycles. The Hall–Kier alpha value is 2.32. The third-order valence-electron chi connectivity index (χ3n) is 0. The zero-order valence-corrected chi connectivity index (χ0v) is 6.87. The summed E-state index contributed by atoms with van der Waals surface area (Å²) in [5, 5.41) is 0. The Bertz CT molecular complexity index is 8.00. The van der Waals surface area contributed by atoms with E-state index in [0.29, 0.717) is 0 Å². The van der Waals surface area contributed by atoms with E-state index < -0.39 is 0 Å². The van der Waals surface area contributed by atoms with Gasteiger partial charge in [-0.3, -0.25) is 0 Å². The van der Waals surface area contributed by atoms with Gasteiger partial charge in [0.2, 0.25) is 0 Å². The van der Waals surface area contributed by atoms with Gasteiger partial charge in [-0.1, -0.05) is 0 Å². The van der Waals surface area contributed by atoms with Crippen LogP contribution in [0.4, 0.5) is 0 Å². The van der Waals surface area contributed by atoms with E-state index in [0.717, 1.165) is 0 Å². The van der Waals surface area contributed by atoms with Crippen molar-refractivity contribution in [3.63, 3.8) is 0 Å². The van der Waals surface area contributed by atoms with Gasteiger partial charge in [-0.15, -0.1) is 0 Å². The molecule has 0 heterocycles. The minimum absolute atomic E-state index is 0. The Morgan fingerprint density at radius 2 is 1.25 bits per heavy atom. The Kier molecular flexibility index (Phi) is 74.7. The fourth-order valence-electron chi connectivity index (χ4n) is 0. The predicted molar refractivity (Wildman–Crippen MR) is 37.0 cm³/mol. The van der Waals surface area contributed by atoms with Crippen LogP contribution in [0.1, 0.15) is 0 Å². The van der Waals surface area contributed by atoms with Gasteiger partial charge in [-0.25, -0.2) is 0 Å². The zero-order chi connectivity index (χ0) is 2.00. The van der Waals surface area contributed by atoms with E-state index in [1.54, 1.807) is 0 Å². The monoisotopic (exact) mass is 256 g/mol. The van der Waals surface area contributed by atoms with E-state index in [4.69, 9.17) is 0 Å². The molecule has 0 saturated heterocycles. The first kappa shape index (κ1) is 16.2. The van der Waals surface area contributed by atoms with Crippen molar-refractivity contribution in [3.05, 3.63) is 0 Å². The quantitative estimate of drug-likeness (QED) is 0.384. The third-order valence-corrected chi connectivity index (χ3v) is 0. The molecule has 0 saturated carbocycles. The van der Waals surface area contributed by atoms with Gasteiger partial charge in [0.15, 0.2) is 0 Å². The minimum atomic E-state index is 0. The number of hydrogen-bond donors (Lipinski definition) is 0. The van der Waals surface area contributed by atoms with Crippen LogP contribution in [0.3, 0.4) is 0 Å². The van der Waals surface area contributed by atoms with Gasteiger partial charge in [0.05, 0.1) is 0 Å². The van der Waals surface area contributed by atoms with Crippen LogP contribution in [-0.2, 0) is 0 Å². The van der Waals surface area contributed by atoms with Gasteiger partial charge in [0, 0.05) is 0 Å². The summed E-state index contributed by atoms with van der Waals surface area (Å²) in [5.74, 6) is 0. The summed E-state index contributed by atoms with van der Waals surface area (Å²) in [6.45, 7) is 0. The fourth-order valence-corrected chi connectivity index (χ4v) is 0. The first-order valence-electron chi connectivity index (χ1n) is 0.577. The van der Waals surface area contributed by atoms with Crippen LogP contribution < -0.4 is 0 Å². The summed E-state index contributed by atoms with van der Waals surface area (Å²) in [6, 6.07) is 0. The van der Waals surface area contributed by atoms with Crippen molar-refractivity contribution in [1.29, 1.82) is 0 Å². The molecular formula is H10GeMgSiSn. The normalized spacial score (nSPS) is 2.25. The Labute approximate surface area is 69.2 Å². The van der Waals surface area contributed by atoms with Crippen LogP contribution in [0.25, 0.3) is 0 Å². The van der Waals surface area contributed by atoms with Gasteiger partial charge in [0.1, 0.15) is 0 Å². The average molecular weight is 254 g/mol. The Morgan fingerprint density at radius 3 is 1.25 bits per heavy atom. The molecule has 0 spiro atoms. The van der Waals surface area contributed by atoms with E-state index in [1.807, 2.05) is 0 Å². The first-order valence-corrected chi connectivity index (χ1v) is 11.6. The molecule has 0 fully saturated rings. The third kappa shape index (κ3) is 8.85. The first-order chi connectivity index (χ1) is 1.00. The van der Waals surface area contributed by atoms with E-state index in [2.05, 4.69) is 0 Å². The molecule has 0 rings (SSSR count). The molecule has 0 unspecified atom stereocenters. The summed E-state index contributed by atoms with van der Waals surface area (Å²) >= 11 is 1.49. The van der Waals surface area contributed by atoms with Gasteiger partial charge < -0.3 is 0 Å². The van der Waals surface area contributed by atoms with E-state index >= 15 is 0 Å². The molecule has 0 aliphatic carbocycles. The molecule has 0 aromatic carbocycles. The van der Waals surface area contributed by atoms with Gasteiger partial charge in [-0.05, 0) is 0 Å². The maximum absolute atomic E-state index is 1.49. The number of rotatable bonds is 0. The van der Waals surface area contributed by atoms with Crippen LogP contribution >= 0.6 is 0 Å². The van der Waals surface area contributed by atoms with E-state index in [1.165, 1.54) is 29.5 Å². The second-order valence-corrected chi connectivity index (χ2v) is 0. The molecule has 0 aromatic rings. The molecule has 0 nitrogen and oxygen atoms in total. The van der Waals surface area contributed by atoms with Gasteiger partial charge >= 0.3 is 70.1 Å².